The van der Waals surface area contributed by atoms with E-state index in [0.717, 1.165) is 18.9 Å². The second-order valence-corrected chi connectivity index (χ2v) is 4.43. The van der Waals surface area contributed by atoms with E-state index in [1.807, 2.05) is 6.07 Å². The molecule has 1 aliphatic rings. The molecule has 1 aliphatic heterocycles. The van der Waals surface area contributed by atoms with Crippen LogP contribution in [0.15, 0.2) is 18.3 Å². The summed E-state index contributed by atoms with van der Waals surface area (Å²) in [5, 5.41) is 11.3. The number of rotatable bonds is 4. The van der Waals surface area contributed by atoms with Crippen molar-refractivity contribution in [3.63, 3.8) is 0 Å². The van der Waals surface area contributed by atoms with E-state index in [-0.39, 0.29) is 19.1 Å². The number of carbonyl (C=O) groups is 1. The Bertz CT molecular complexity index is 403. The molecule has 1 aromatic heterocycles. The minimum absolute atomic E-state index is 0.0458. The maximum atomic E-state index is 11.8. The summed E-state index contributed by atoms with van der Waals surface area (Å²) in [4.78, 5) is 18.3. The van der Waals surface area contributed by atoms with Gasteiger partial charge in [-0.2, -0.15) is 0 Å². The van der Waals surface area contributed by atoms with E-state index in [1.165, 1.54) is 19.3 Å². The number of nitrogens with zero attached hydrogens (tertiary/aromatic N) is 2. The summed E-state index contributed by atoms with van der Waals surface area (Å²) in [5.74, 6) is 0.705. The largest absolute Gasteiger partial charge is 0.395 e. The van der Waals surface area contributed by atoms with Gasteiger partial charge in [0.1, 0.15) is 5.82 Å². The molecule has 5 heteroatoms. The van der Waals surface area contributed by atoms with Crippen LogP contribution in [0.4, 0.5) is 5.82 Å². The molecule has 0 atom stereocenters. The van der Waals surface area contributed by atoms with E-state index >= 15 is 0 Å². The Hall–Kier alpha value is -1.62. The molecule has 0 bridgehead atoms. The van der Waals surface area contributed by atoms with Crippen molar-refractivity contribution in [3.8, 4) is 0 Å². The summed E-state index contributed by atoms with van der Waals surface area (Å²) >= 11 is 0. The first kappa shape index (κ1) is 12.8. The van der Waals surface area contributed by atoms with E-state index in [2.05, 4.69) is 15.2 Å². The molecule has 2 N–H and O–H groups in total. The quantitative estimate of drug-likeness (QED) is 0.828. The molecule has 1 aromatic rings. The fraction of sp³-hybridized carbons (Fsp3) is 0.538. The Morgan fingerprint density at radius 1 is 1.39 bits per heavy atom. The molecule has 0 aliphatic carbocycles. The number of carbonyl (C=O) groups excluding carboxylic acids is 1. The predicted octanol–water partition coefficient (Wildman–Crippen LogP) is 0.794. The Balaban J connectivity index is 2.06. The number of piperidine rings is 1. The molecule has 2 heterocycles. The van der Waals surface area contributed by atoms with Gasteiger partial charge in [-0.05, 0) is 31.4 Å². The lowest BCUT2D eigenvalue weighted by atomic mass is 10.1. The van der Waals surface area contributed by atoms with Crippen molar-refractivity contribution >= 4 is 11.7 Å². The van der Waals surface area contributed by atoms with Crippen molar-refractivity contribution < 1.29 is 9.90 Å². The summed E-state index contributed by atoms with van der Waals surface area (Å²) in [6.45, 7) is 2.25. The Morgan fingerprint density at radius 3 is 2.89 bits per heavy atom. The minimum atomic E-state index is -0.162. The maximum Gasteiger partial charge on any atom is 0.251 e. The van der Waals surface area contributed by atoms with Gasteiger partial charge in [0, 0.05) is 31.4 Å². The molecule has 2 rings (SSSR count). The zero-order chi connectivity index (χ0) is 12.8. The van der Waals surface area contributed by atoms with E-state index in [4.69, 9.17) is 5.11 Å². The van der Waals surface area contributed by atoms with Crippen LogP contribution in [0.3, 0.4) is 0 Å². The molecule has 98 valence electrons. The lowest BCUT2D eigenvalue weighted by Crippen LogP contribution is -2.31. The average Bonchev–Trinajstić information content (AvgIpc) is 2.46. The highest BCUT2D eigenvalue weighted by atomic mass is 16.3. The van der Waals surface area contributed by atoms with E-state index in [0.29, 0.717) is 5.56 Å². The first-order valence-corrected chi connectivity index (χ1v) is 6.41. The van der Waals surface area contributed by atoms with Gasteiger partial charge >= 0.3 is 0 Å². The fourth-order valence-electron chi connectivity index (χ4n) is 2.13. The molecule has 0 saturated carbocycles. The standard InChI is InChI=1S/C13H19N3O2/c17-9-6-15-13(18)11-4-5-14-12(10-11)16-7-2-1-3-8-16/h4-5,10,17H,1-3,6-9H2,(H,15,18). The van der Waals surface area contributed by atoms with Gasteiger partial charge < -0.3 is 15.3 Å². The van der Waals surface area contributed by atoms with Gasteiger partial charge in [0.2, 0.25) is 0 Å². The van der Waals surface area contributed by atoms with Gasteiger partial charge in [0.05, 0.1) is 6.61 Å². The van der Waals surface area contributed by atoms with Crippen molar-refractivity contribution in [2.75, 3.05) is 31.1 Å². The number of aliphatic hydroxyl groups excluding tert-OH is 1. The van der Waals surface area contributed by atoms with Gasteiger partial charge in [-0.25, -0.2) is 4.98 Å². The monoisotopic (exact) mass is 249 g/mol. The number of hydrogen-bond donors (Lipinski definition) is 2. The van der Waals surface area contributed by atoms with Gasteiger partial charge in [0.15, 0.2) is 0 Å². The number of anilines is 1. The van der Waals surface area contributed by atoms with Gasteiger partial charge in [0.25, 0.3) is 5.91 Å². The summed E-state index contributed by atoms with van der Waals surface area (Å²) in [5.41, 5.74) is 0.596. The summed E-state index contributed by atoms with van der Waals surface area (Å²) < 4.78 is 0. The van der Waals surface area contributed by atoms with Crippen LogP contribution in [-0.2, 0) is 0 Å². The lowest BCUT2D eigenvalue weighted by Gasteiger charge is -2.27. The van der Waals surface area contributed by atoms with Crippen LogP contribution in [-0.4, -0.2) is 42.2 Å². The van der Waals surface area contributed by atoms with Crippen LogP contribution in [0.1, 0.15) is 29.6 Å². The summed E-state index contributed by atoms with van der Waals surface area (Å²) in [6, 6.07) is 3.51. The molecule has 1 amide bonds. The molecular weight excluding hydrogens is 230 g/mol. The van der Waals surface area contributed by atoms with Crippen LogP contribution < -0.4 is 10.2 Å². The van der Waals surface area contributed by atoms with Crippen molar-refractivity contribution in [1.82, 2.24) is 10.3 Å². The highest BCUT2D eigenvalue weighted by Gasteiger charge is 2.13. The summed E-state index contributed by atoms with van der Waals surface area (Å²) in [6.07, 6.45) is 5.30. The second-order valence-electron chi connectivity index (χ2n) is 4.43. The Kier molecular flexibility index (Phi) is 4.52. The third-order valence-electron chi connectivity index (χ3n) is 3.09. The number of pyridine rings is 1. The Morgan fingerprint density at radius 2 is 2.17 bits per heavy atom. The first-order valence-electron chi connectivity index (χ1n) is 6.41. The molecule has 0 radical (unpaired) electrons. The third kappa shape index (κ3) is 3.20. The summed E-state index contributed by atoms with van der Waals surface area (Å²) in [7, 11) is 0. The fourth-order valence-corrected chi connectivity index (χ4v) is 2.13. The van der Waals surface area contributed by atoms with Crippen LogP contribution in [0.25, 0.3) is 0 Å². The smallest absolute Gasteiger partial charge is 0.251 e. The average molecular weight is 249 g/mol. The van der Waals surface area contributed by atoms with E-state index in [1.54, 1.807) is 12.3 Å². The highest BCUT2D eigenvalue weighted by molar-refractivity contribution is 5.94. The zero-order valence-electron chi connectivity index (χ0n) is 10.4. The van der Waals surface area contributed by atoms with Gasteiger partial charge in [-0.1, -0.05) is 0 Å². The van der Waals surface area contributed by atoms with Crippen LogP contribution >= 0.6 is 0 Å². The third-order valence-corrected chi connectivity index (χ3v) is 3.09. The number of aromatic nitrogens is 1. The van der Waals surface area contributed by atoms with Gasteiger partial charge in [-0.3, -0.25) is 4.79 Å². The minimum Gasteiger partial charge on any atom is -0.395 e. The van der Waals surface area contributed by atoms with E-state index < -0.39 is 0 Å². The predicted molar refractivity (Wildman–Crippen MR) is 69.7 cm³/mol. The lowest BCUT2D eigenvalue weighted by molar-refractivity contribution is 0.0944. The van der Waals surface area contributed by atoms with Crippen molar-refractivity contribution in [1.29, 1.82) is 0 Å². The first-order chi connectivity index (χ1) is 8.81. The van der Waals surface area contributed by atoms with Gasteiger partial charge in [-0.15, -0.1) is 0 Å². The van der Waals surface area contributed by atoms with Crippen LogP contribution in [0, 0.1) is 0 Å². The second kappa shape index (κ2) is 6.35. The van der Waals surface area contributed by atoms with E-state index in [9.17, 15) is 4.79 Å². The van der Waals surface area contributed by atoms with Crippen molar-refractivity contribution in [3.05, 3.63) is 23.9 Å². The molecule has 5 nitrogen and oxygen atoms in total. The normalized spacial score (nSPS) is 15.5. The Labute approximate surface area is 107 Å². The molecule has 1 fully saturated rings. The number of hydrogen-bond acceptors (Lipinski definition) is 4. The molecule has 0 aromatic carbocycles. The number of nitrogens with one attached hydrogen (secondary N) is 1. The number of aliphatic hydroxyl groups is 1. The highest BCUT2D eigenvalue weighted by Crippen LogP contribution is 2.18. The zero-order valence-corrected chi connectivity index (χ0v) is 10.4. The maximum absolute atomic E-state index is 11.8. The molecule has 18 heavy (non-hydrogen) atoms. The number of amides is 1. The van der Waals surface area contributed by atoms with Crippen molar-refractivity contribution in [2.24, 2.45) is 0 Å². The van der Waals surface area contributed by atoms with Crippen LogP contribution in [0.5, 0.6) is 0 Å². The van der Waals surface area contributed by atoms with Crippen molar-refractivity contribution in [2.45, 2.75) is 19.3 Å². The topological polar surface area (TPSA) is 65.5 Å². The molecule has 0 unspecified atom stereocenters. The molecule has 0 spiro atoms. The molecular formula is C13H19N3O2. The van der Waals surface area contributed by atoms with Crippen LogP contribution in [0.2, 0.25) is 0 Å². The SMILES string of the molecule is O=C(NCCO)c1ccnc(N2CCCCC2)c1. The molecule has 1 saturated heterocycles.